The van der Waals surface area contributed by atoms with Crippen molar-refractivity contribution in [3.63, 3.8) is 0 Å². The number of carboxylic acids is 1. The van der Waals surface area contributed by atoms with Crippen molar-refractivity contribution < 1.29 is 28.4 Å². The fourth-order valence-electron chi connectivity index (χ4n) is 3.14. The van der Waals surface area contributed by atoms with Crippen molar-refractivity contribution in [2.24, 2.45) is 0 Å². The van der Waals surface area contributed by atoms with E-state index >= 15 is 0 Å². The number of carbonyl (C=O) groups is 1. The molecule has 1 heterocycles. The Morgan fingerprint density at radius 1 is 0.900 bits per heavy atom. The number of aromatic amines is 2. The Morgan fingerprint density at radius 3 is 2.13 bits per heavy atom. The predicted molar refractivity (Wildman–Crippen MR) is 104 cm³/mol. The van der Waals surface area contributed by atoms with E-state index in [4.69, 9.17) is 4.74 Å². The van der Waals surface area contributed by atoms with E-state index in [0.717, 1.165) is 0 Å². The Bertz CT molecular complexity index is 1120. The van der Waals surface area contributed by atoms with Crippen LogP contribution in [-0.4, -0.2) is 17.6 Å². The lowest BCUT2D eigenvalue weighted by Gasteiger charge is -2.08. The van der Waals surface area contributed by atoms with E-state index in [1.165, 1.54) is 24.3 Å². The number of hydrogen-bond donors (Lipinski definition) is 1. The third-order valence-electron chi connectivity index (χ3n) is 4.52. The maximum Gasteiger partial charge on any atom is 0.289 e. The molecule has 3 aromatic carbocycles. The summed E-state index contributed by atoms with van der Waals surface area (Å²) in [4.78, 5) is 17.3. The van der Waals surface area contributed by atoms with Crippen molar-refractivity contribution in [1.82, 2.24) is 4.98 Å². The maximum absolute atomic E-state index is 13.4. The molecule has 1 aromatic heterocycles. The minimum Gasteiger partial charge on any atom is -0.546 e. The highest BCUT2D eigenvalue weighted by atomic mass is 19.1. The molecule has 0 atom stereocenters. The van der Waals surface area contributed by atoms with Crippen LogP contribution in [0.25, 0.3) is 33.9 Å². The van der Waals surface area contributed by atoms with Gasteiger partial charge in [-0.25, -0.2) is 18.7 Å². The number of hydrogen-bond acceptors (Lipinski definition) is 3. The number of imidazole rings is 1. The summed E-state index contributed by atoms with van der Waals surface area (Å²) in [5, 5.41) is 10.8. The fraction of sp³-hybridized carbons (Fsp3) is 0.0435. The normalized spacial score (nSPS) is 10.7. The smallest absolute Gasteiger partial charge is 0.289 e. The van der Waals surface area contributed by atoms with E-state index in [-0.39, 0.29) is 11.6 Å². The van der Waals surface area contributed by atoms with Gasteiger partial charge in [0, 0.05) is 11.1 Å². The zero-order valence-electron chi connectivity index (χ0n) is 15.6. The Labute approximate surface area is 170 Å². The number of para-hydroxylation sites is 1. The lowest BCUT2D eigenvalue weighted by molar-refractivity contribution is -0.349. The zero-order valence-corrected chi connectivity index (χ0v) is 15.6. The number of nitrogens with one attached hydrogen (secondary N) is 2. The number of rotatable bonds is 6. The summed E-state index contributed by atoms with van der Waals surface area (Å²) in [6.45, 7) is -0.590. The highest BCUT2D eigenvalue weighted by Crippen LogP contribution is 2.33. The van der Waals surface area contributed by atoms with Gasteiger partial charge in [-0.2, -0.15) is 0 Å². The molecule has 7 heteroatoms. The molecule has 0 saturated heterocycles. The van der Waals surface area contributed by atoms with Gasteiger partial charge in [0.05, 0.1) is 5.97 Å². The average molecular weight is 406 g/mol. The van der Waals surface area contributed by atoms with Gasteiger partial charge in [0.15, 0.2) is 11.4 Å². The van der Waals surface area contributed by atoms with Crippen molar-refractivity contribution in [3.05, 3.63) is 84.4 Å². The Hall–Kier alpha value is -4.00. The van der Waals surface area contributed by atoms with Crippen LogP contribution in [0.1, 0.15) is 0 Å². The first-order chi connectivity index (χ1) is 14.5. The summed E-state index contributed by atoms with van der Waals surface area (Å²) in [6.07, 6.45) is 0. The Balaban J connectivity index is 1.85. The molecule has 5 nitrogen and oxygen atoms in total. The predicted octanol–water partition coefficient (Wildman–Crippen LogP) is 3.24. The molecule has 0 fully saturated rings. The lowest BCUT2D eigenvalue weighted by Crippen LogP contribution is -2.29. The van der Waals surface area contributed by atoms with Crippen molar-refractivity contribution >= 4 is 5.97 Å². The van der Waals surface area contributed by atoms with E-state index in [1.54, 1.807) is 48.5 Å². The molecule has 150 valence electrons. The third-order valence-corrected chi connectivity index (χ3v) is 4.52. The molecule has 4 aromatic rings. The van der Waals surface area contributed by atoms with Crippen LogP contribution in [0, 0.1) is 11.6 Å². The topological polar surface area (TPSA) is 79.3 Å². The molecular formula is C23H16F2N2O3. The summed E-state index contributed by atoms with van der Waals surface area (Å²) in [6, 6.07) is 18.8. The van der Waals surface area contributed by atoms with Crippen LogP contribution in [0.15, 0.2) is 72.8 Å². The van der Waals surface area contributed by atoms with Crippen molar-refractivity contribution in [3.8, 4) is 39.7 Å². The number of H-pyrrole nitrogens is 2. The number of ether oxygens (including phenoxy) is 1. The van der Waals surface area contributed by atoms with Crippen LogP contribution in [-0.2, 0) is 4.79 Å². The van der Waals surface area contributed by atoms with Gasteiger partial charge in [0.2, 0.25) is 0 Å². The molecular weight excluding hydrogens is 390 g/mol. The average Bonchev–Trinajstić information content (AvgIpc) is 3.19. The van der Waals surface area contributed by atoms with E-state index in [9.17, 15) is 18.7 Å². The third kappa shape index (κ3) is 4.05. The first-order valence-corrected chi connectivity index (χ1v) is 9.10. The van der Waals surface area contributed by atoms with Gasteiger partial charge in [-0.3, -0.25) is 0 Å². The second kappa shape index (κ2) is 8.16. The maximum atomic E-state index is 13.4. The van der Waals surface area contributed by atoms with E-state index in [1.807, 2.05) is 0 Å². The van der Waals surface area contributed by atoms with Gasteiger partial charge in [-0.1, -0.05) is 12.1 Å². The second-order valence-electron chi connectivity index (χ2n) is 6.55. The van der Waals surface area contributed by atoms with Crippen molar-refractivity contribution in [1.29, 1.82) is 0 Å². The molecule has 2 N–H and O–H groups in total. The largest absolute Gasteiger partial charge is 0.546 e. The van der Waals surface area contributed by atoms with Crippen molar-refractivity contribution in [2.75, 3.05) is 6.61 Å². The summed E-state index contributed by atoms with van der Waals surface area (Å²) in [5.74, 6) is -1.17. The molecule has 0 bridgehead atoms. The van der Waals surface area contributed by atoms with Crippen LogP contribution in [0.5, 0.6) is 5.75 Å². The lowest BCUT2D eigenvalue weighted by atomic mass is 10.1. The van der Waals surface area contributed by atoms with Crippen LogP contribution in [0.4, 0.5) is 8.78 Å². The number of aromatic nitrogens is 2. The zero-order chi connectivity index (χ0) is 21.1. The van der Waals surface area contributed by atoms with Crippen LogP contribution in [0.2, 0.25) is 0 Å². The van der Waals surface area contributed by atoms with E-state index < -0.39 is 12.6 Å². The molecule has 0 unspecified atom stereocenters. The quantitative estimate of drug-likeness (QED) is 0.534. The summed E-state index contributed by atoms with van der Waals surface area (Å²) in [5.41, 5.74) is 3.34. The fourth-order valence-corrected chi connectivity index (χ4v) is 3.14. The summed E-state index contributed by atoms with van der Waals surface area (Å²) in [7, 11) is 0. The molecule has 0 saturated carbocycles. The Kier molecular flexibility index (Phi) is 5.26. The number of carbonyl (C=O) groups excluding carboxylic acids is 1. The molecule has 30 heavy (non-hydrogen) atoms. The molecule has 0 amide bonds. The molecule has 0 aliphatic rings. The van der Waals surface area contributed by atoms with Crippen LogP contribution in [0.3, 0.4) is 0 Å². The highest BCUT2D eigenvalue weighted by molar-refractivity contribution is 5.78. The molecule has 0 radical (unpaired) electrons. The molecule has 0 aliphatic heterocycles. The van der Waals surface area contributed by atoms with Gasteiger partial charge >= 0.3 is 0 Å². The number of halogens is 2. The standard InChI is InChI=1S/C23H16F2N2O3/c24-16-9-5-14(6-10-16)21-22(15-7-11-17(25)12-8-15)27-23(26-21)18-3-1-2-4-19(18)30-13-20(28)29/h1-12H,13H2,(H,26,27)(H,28,29). The SMILES string of the molecule is O=C([O-])COc1ccccc1-c1[nH]c(-c2ccc(F)cc2)c(-c2ccc(F)cc2)[nH+]1. The van der Waals surface area contributed by atoms with E-state index in [2.05, 4.69) is 9.97 Å². The first-order valence-electron chi connectivity index (χ1n) is 9.10. The number of carboxylic acid groups (broad SMARTS) is 1. The summed E-state index contributed by atoms with van der Waals surface area (Å²) >= 11 is 0. The van der Waals surface area contributed by atoms with Gasteiger partial charge in [-0.15, -0.1) is 0 Å². The van der Waals surface area contributed by atoms with Crippen LogP contribution >= 0.6 is 0 Å². The minimum atomic E-state index is -1.33. The first kappa shape index (κ1) is 19.3. The van der Waals surface area contributed by atoms with Gasteiger partial charge in [0.25, 0.3) is 5.82 Å². The highest BCUT2D eigenvalue weighted by Gasteiger charge is 2.23. The van der Waals surface area contributed by atoms with Gasteiger partial charge in [0.1, 0.15) is 29.6 Å². The number of benzene rings is 3. The Morgan fingerprint density at radius 2 is 1.50 bits per heavy atom. The monoisotopic (exact) mass is 406 g/mol. The molecule has 0 spiro atoms. The molecule has 4 rings (SSSR count). The van der Waals surface area contributed by atoms with E-state index in [0.29, 0.717) is 39.7 Å². The second-order valence-corrected chi connectivity index (χ2v) is 6.55. The van der Waals surface area contributed by atoms with Gasteiger partial charge in [-0.05, 0) is 60.7 Å². The van der Waals surface area contributed by atoms with Crippen LogP contribution < -0.4 is 14.8 Å². The summed E-state index contributed by atoms with van der Waals surface area (Å²) < 4.78 is 32.2. The molecule has 0 aliphatic carbocycles. The number of aliphatic carboxylic acids is 1. The minimum absolute atomic E-state index is 0.343. The van der Waals surface area contributed by atoms with Gasteiger partial charge < -0.3 is 14.6 Å². The van der Waals surface area contributed by atoms with Crippen molar-refractivity contribution in [2.45, 2.75) is 0 Å².